The number of nitro groups is 1. The lowest BCUT2D eigenvalue weighted by atomic mass is 10.1. The van der Waals surface area contributed by atoms with E-state index in [0.29, 0.717) is 17.8 Å². The summed E-state index contributed by atoms with van der Waals surface area (Å²) in [7, 11) is 1.70. The number of carbonyl (C=O) groups excluding carboxylic acids is 1. The van der Waals surface area contributed by atoms with Crippen LogP contribution in [0.2, 0.25) is 0 Å². The molecule has 1 saturated heterocycles. The molecule has 0 bridgehead atoms. The van der Waals surface area contributed by atoms with Gasteiger partial charge in [-0.2, -0.15) is 0 Å². The Morgan fingerprint density at radius 3 is 2.79 bits per heavy atom. The molecule has 1 unspecified atom stereocenters. The van der Waals surface area contributed by atoms with E-state index in [1.54, 1.807) is 18.0 Å². The zero-order valence-electron chi connectivity index (χ0n) is 11.0. The van der Waals surface area contributed by atoms with Gasteiger partial charge in [-0.25, -0.2) is 0 Å². The number of nitrogens with one attached hydrogen (secondary N) is 1. The van der Waals surface area contributed by atoms with E-state index in [2.05, 4.69) is 5.32 Å². The Hall–Kier alpha value is -2.11. The Kier molecular flexibility index (Phi) is 3.69. The van der Waals surface area contributed by atoms with Crippen LogP contribution in [0.15, 0.2) is 18.2 Å². The number of hydrogen-bond donors (Lipinski definition) is 1. The maximum absolute atomic E-state index is 12.5. The summed E-state index contributed by atoms with van der Waals surface area (Å²) in [6, 6.07) is 4.51. The van der Waals surface area contributed by atoms with Crippen molar-refractivity contribution in [2.75, 3.05) is 18.9 Å². The van der Waals surface area contributed by atoms with Gasteiger partial charge >= 0.3 is 0 Å². The Labute approximate surface area is 111 Å². The highest BCUT2D eigenvalue weighted by Crippen LogP contribution is 2.26. The number of likely N-dealkylation sites (tertiary alicyclic amines) is 1. The highest BCUT2D eigenvalue weighted by molar-refractivity contribution is 6.00. The monoisotopic (exact) mass is 263 g/mol. The lowest BCUT2D eigenvalue weighted by Gasteiger charge is -2.22. The third kappa shape index (κ3) is 2.52. The average Bonchev–Trinajstić information content (AvgIpc) is 2.83. The van der Waals surface area contributed by atoms with Gasteiger partial charge in [0, 0.05) is 37.5 Å². The van der Waals surface area contributed by atoms with Gasteiger partial charge in [0.25, 0.3) is 11.6 Å². The van der Waals surface area contributed by atoms with E-state index in [9.17, 15) is 14.9 Å². The molecule has 1 atom stereocenters. The maximum atomic E-state index is 12.5. The van der Waals surface area contributed by atoms with Gasteiger partial charge in [0.2, 0.25) is 0 Å². The number of non-ortho nitro benzene ring substituents is 1. The fraction of sp³-hybridized carbons (Fsp3) is 0.462. The van der Waals surface area contributed by atoms with E-state index in [-0.39, 0.29) is 17.6 Å². The van der Waals surface area contributed by atoms with Gasteiger partial charge in [-0.3, -0.25) is 14.9 Å². The first-order valence-electron chi connectivity index (χ1n) is 6.31. The van der Waals surface area contributed by atoms with E-state index in [1.807, 2.05) is 6.92 Å². The van der Waals surface area contributed by atoms with E-state index in [0.717, 1.165) is 12.8 Å². The first-order chi connectivity index (χ1) is 9.04. The molecule has 1 aromatic carbocycles. The molecule has 0 spiro atoms. The standard InChI is InChI=1S/C13H17N3O3/c1-9-4-3-7-15(9)13(17)11-8-10(16(18)19)5-6-12(11)14-2/h5-6,8-9,14H,3-4,7H2,1-2H3. The number of amides is 1. The van der Waals surface area contributed by atoms with Crippen molar-refractivity contribution in [2.24, 2.45) is 0 Å². The Bertz CT molecular complexity index is 516. The first-order valence-corrected chi connectivity index (χ1v) is 6.31. The van der Waals surface area contributed by atoms with Crippen molar-refractivity contribution in [2.45, 2.75) is 25.8 Å². The Morgan fingerprint density at radius 1 is 1.53 bits per heavy atom. The van der Waals surface area contributed by atoms with Gasteiger partial charge in [-0.15, -0.1) is 0 Å². The molecule has 1 aliphatic rings. The Morgan fingerprint density at radius 2 is 2.26 bits per heavy atom. The van der Waals surface area contributed by atoms with E-state index >= 15 is 0 Å². The van der Waals surface area contributed by atoms with Crippen LogP contribution in [-0.4, -0.2) is 35.4 Å². The van der Waals surface area contributed by atoms with E-state index in [1.165, 1.54) is 12.1 Å². The minimum Gasteiger partial charge on any atom is -0.387 e. The smallest absolute Gasteiger partial charge is 0.270 e. The molecule has 1 aromatic rings. The molecule has 1 N–H and O–H groups in total. The molecular weight excluding hydrogens is 246 g/mol. The highest BCUT2D eigenvalue weighted by atomic mass is 16.6. The van der Waals surface area contributed by atoms with Crippen LogP contribution >= 0.6 is 0 Å². The lowest BCUT2D eigenvalue weighted by Crippen LogP contribution is -2.34. The zero-order valence-corrected chi connectivity index (χ0v) is 11.0. The molecule has 2 rings (SSSR count). The molecule has 6 heteroatoms. The third-order valence-electron chi connectivity index (χ3n) is 3.53. The fourth-order valence-electron chi connectivity index (χ4n) is 2.43. The second kappa shape index (κ2) is 5.26. The molecule has 1 aliphatic heterocycles. The van der Waals surface area contributed by atoms with Crippen LogP contribution in [0.1, 0.15) is 30.1 Å². The van der Waals surface area contributed by atoms with E-state index in [4.69, 9.17) is 0 Å². The van der Waals surface area contributed by atoms with Crippen molar-refractivity contribution >= 4 is 17.3 Å². The van der Waals surface area contributed by atoms with Crippen LogP contribution in [0.5, 0.6) is 0 Å². The van der Waals surface area contributed by atoms with Crippen LogP contribution in [0.3, 0.4) is 0 Å². The van der Waals surface area contributed by atoms with Gasteiger partial charge in [0.15, 0.2) is 0 Å². The summed E-state index contributed by atoms with van der Waals surface area (Å²) in [5.41, 5.74) is 0.925. The number of anilines is 1. The topological polar surface area (TPSA) is 75.5 Å². The predicted octanol–water partition coefficient (Wildman–Crippen LogP) is 2.26. The van der Waals surface area contributed by atoms with Gasteiger partial charge < -0.3 is 10.2 Å². The predicted molar refractivity (Wildman–Crippen MR) is 72.4 cm³/mol. The molecule has 0 aliphatic carbocycles. The second-order valence-electron chi connectivity index (χ2n) is 4.73. The second-order valence-corrected chi connectivity index (χ2v) is 4.73. The first kappa shape index (κ1) is 13.3. The van der Waals surface area contributed by atoms with Crippen LogP contribution in [0.4, 0.5) is 11.4 Å². The van der Waals surface area contributed by atoms with Crippen molar-refractivity contribution in [3.63, 3.8) is 0 Å². The van der Waals surface area contributed by atoms with Crippen LogP contribution in [0.25, 0.3) is 0 Å². The van der Waals surface area contributed by atoms with Gasteiger partial charge in [0.1, 0.15) is 0 Å². The number of carbonyl (C=O) groups is 1. The summed E-state index contributed by atoms with van der Waals surface area (Å²) in [5.74, 6) is -0.141. The number of nitro benzene ring substituents is 1. The molecule has 0 saturated carbocycles. The molecule has 0 aromatic heterocycles. The largest absolute Gasteiger partial charge is 0.387 e. The molecule has 1 heterocycles. The summed E-state index contributed by atoms with van der Waals surface area (Å²) in [6.07, 6.45) is 1.96. The number of nitrogens with zero attached hydrogens (tertiary/aromatic N) is 2. The summed E-state index contributed by atoms with van der Waals surface area (Å²) in [4.78, 5) is 24.6. The third-order valence-corrected chi connectivity index (χ3v) is 3.53. The number of benzene rings is 1. The number of hydrogen-bond acceptors (Lipinski definition) is 4. The van der Waals surface area contributed by atoms with Crippen molar-refractivity contribution in [3.05, 3.63) is 33.9 Å². The van der Waals surface area contributed by atoms with Crippen LogP contribution in [-0.2, 0) is 0 Å². The SMILES string of the molecule is CNc1ccc([N+](=O)[O-])cc1C(=O)N1CCCC1C. The minimum absolute atomic E-state index is 0.0609. The summed E-state index contributed by atoms with van der Waals surface area (Å²) < 4.78 is 0. The molecule has 1 amide bonds. The highest BCUT2D eigenvalue weighted by Gasteiger charge is 2.28. The Balaban J connectivity index is 2.38. The fourth-order valence-corrected chi connectivity index (χ4v) is 2.43. The minimum atomic E-state index is -0.483. The summed E-state index contributed by atoms with van der Waals surface area (Å²) in [6.45, 7) is 2.72. The zero-order chi connectivity index (χ0) is 14.0. The van der Waals surface area contributed by atoms with Crippen LogP contribution in [0, 0.1) is 10.1 Å². The van der Waals surface area contributed by atoms with Gasteiger partial charge in [-0.1, -0.05) is 0 Å². The molecule has 19 heavy (non-hydrogen) atoms. The van der Waals surface area contributed by atoms with Crippen LogP contribution < -0.4 is 5.32 Å². The molecule has 1 fully saturated rings. The molecule has 6 nitrogen and oxygen atoms in total. The van der Waals surface area contributed by atoms with Crippen molar-refractivity contribution in [3.8, 4) is 0 Å². The quantitative estimate of drug-likeness (QED) is 0.670. The molecule has 102 valence electrons. The summed E-state index contributed by atoms with van der Waals surface area (Å²) >= 11 is 0. The van der Waals surface area contributed by atoms with Crippen molar-refractivity contribution in [1.29, 1.82) is 0 Å². The molecular formula is C13H17N3O3. The molecule has 0 radical (unpaired) electrons. The lowest BCUT2D eigenvalue weighted by molar-refractivity contribution is -0.384. The summed E-state index contributed by atoms with van der Waals surface area (Å²) in [5, 5.41) is 13.7. The van der Waals surface area contributed by atoms with Crippen molar-refractivity contribution < 1.29 is 9.72 Å². The van der Waals surface area contributed by atoms with Crippen molar-refractivity contribution in [1.82, 2.24) is 4.90 Å². The normalized spacial score (nSPS) is 18.4. The van der Waals surface area contributed by atoms with Gasteiger partial charge in [0.05, 0.1) is 10.5 Å². The number of rotatable bonds is 3. The van der Waals surface area contributed by atoms with E-state index < -0.39 is 4.92 Å². The maximum Gasteiger partial charge on any atom is 0.270 e. The average molecular weight is 263 g/mol. The van der Waals surface area contributed by atoms with Gasteiger partial charge in [-0.05, 0) is 25.8 Å².